The quantitative estimate of drug-likeness (QED) is 0.494. The molecular formula is C4H12N2O2S. The van der Waals surface area contributed by atoms with Crippen LogP contribution in [-0.4, -0.2) is 45.2 Å². The van der Waals surface area contributed by atoms with E-state index in [9.17, 15) is 8.42 Å². The van der Waals surface area contributed by atoms with Crippen molar-refractivity contribution < 1.29 is 8.42 Å². The molecule has 0 unspecified atom stereocenters. The van der Waals surface area contributed by atoms with Crippen LogP contribution in [0.3, 0.4) is 0 Å². The summed E-state index contributed by atoms with van der Waals surface area (Å²) in [5, 5.41) is 1.50. The molecule has 56 valence electrons. The molecule has 0 aliphatic heterocycles. The van der Waals surface area contributed by atoms with Crippen molar-refractivity contribution in [2.24, 2.45) is 0 Å². The molecule has 0 saturated carbocycles. The summed E-state index contributed by atoms with van der Waals surface area (Å²) in [6, 6.07) is 0. The molecule has 0 aromatic heterocycles. The lowest BCUT2D eigenvalue weighted by atomic mass is 11.1. The monoisotopic (exact) mass is 152 g/mol. The zero-order chi connectivity index (χ0) is 7.65. The van der Waals surface area contributed by atoms with Crippen LogP contribution in [0.25, 0.3) is 0 Å². The minimum atomic E-state index is -3.04. The predicted molar refractivity (Wildman–Crippen MR) is 36.3 cm³/mol. The lowest BCUT2D eigenvalue weighted by Crippen LogP contribution is -2.37. The highest BCUT2D eigenvalue weighted by molar-refractivity contribution is 7.88. The summed E-state index contributed by atoms with van der Waals surface area (Å²) < 4.78 is 22.5. The van der Waals surface area contributed by atoms with E-state index in [0.717, 1.165) is 10.7 Å². The van der Waals surface area contributed by atoms with E-state index in [2.05, 4.69) is 0 Å². The summed E-state index contributed by atoms with van der Waals surface area (Å²) in [4.78, 5) is 0. The van der Waals surface area contributed by atoms with Crippen LogP contribution in [0.5, 0.6) is 0 Å². The topological polar surface area (TPSA) is 40.6 Å². The normalized spacial score (nSPS) is 13.1. The summed E-state index contributed by atoms with van der Waals surface area (Å²) >= 11 is 0. The molecule has 5 heteroatoms. The molecule has 0 bridgehead atoms. The number of sulfonamides is 1. The third-order valence-electron chi connectivity index (χ3n) is 1.04. The fourth-order valence-electron chi connectivity index (χ4n) is 0.297. The first kappa shape index (κ1) is 8.87. The van der Waals surface area contributed by atoms with Crippen molar-refractivity contribution in [2.45, 2.75) is 0 Å². The van der Waals surface area contributed by atoms with Crippen molar-refractivity contribution in [3.8, 4) is 0 Å². The SMILES string of the molecule is CN(C)N(C)S(C)(=O)=O. The Morgan fingerprint density at radius 1 is 1.11 bits per heavy atom. The van der Waals surface area contributed by atoms with Gasteiger partial charge in [0.2, 0.25) is 10.0 Å². The molecule has 0 spiro atoms. The van der Waals surface area contributed by atoms with E-state index in [0.29, 0.717) is 0 Å². The highest BCUT2D eigenvalue weighted by Crippen LogP contribution is 1.92. The van der Waals surface area contributed by atoms with E-state index >= 15 is 0 Å². The van der Waals surface area contributed by atoms with Gasteiger partial charge < -0.3 is 0 Å². The maximum absolute atomic E-state index is 10.7. The number of hydrazine groups is 1. The average Bonchev–Trinajstić information content (AvgIpc) is 1.62. The maximum Gasteiger partial charge on any atom is 0.223 e. The molecule has 0 rings (SSSR count). The molecule has 9 heavy (non-hydrogen) atoms. The second kappa shape index (κ2) is 2.64. The Bertz CT molecular complexity index is 173. The van der Waals surface area contributed by atoms with Gasteiger partial charge in [0.15, 0.2) is 0 Å². The van der Waals surface area contributed by atoms with Crippen molar-refractivity contribution >= 4 is 10.0 Å². The molecule has 0 aromatic rings. The largest absolute Gasteiger partial charge is 0.235 e. The second-order valence-corrected chi connectivity index (χ2v) is 4.04. The van der Waals surface area contributed by atoms with E-state index in [-0.39, 0.29) is 0 Å². The molecule has 0 atom stereocenters. The van der Waals surface area contributed by atoms with Gasteiger partial charge in [-0.25, -0.2) is 13.4 Å². The molecule has 0 amide bonds. The predicted octanol–water partition coefficient (Wildman–Crippen LogP) is -0.646. The van der Waals surface area contributed by atoms with Crippen molar-refractivity contribution in [3.63, 3.8) is 0 Å². The number of hydrogen-bond donors (Lipinski definition) is 0. The Balaban J connectivity index is 4.24. The van der Waals surface area contributed by atoms with E-state index < -0.39 is 10.0 Å². The number of rotatable bonds is 2. The number of hydrogen-bond acceptors (Lipinski definition) is 3. The first-order chi connectivity index (χ1) is 3.85. The van der Waals surface area contributed by atoms with E-state index in [1.54, 1.807) is 14.1 Å². The van der Waals surface area contributed by atoms with Gasteiger partial charge >= 0.3 is 0 Å². The summed E-state index contributed by atoms with van der Waals surface area (Å²) in [6.45, 7) is 0. The third-order valence-corrected chi connectivity index (χ3v) is 2.33. The van der Waals surface area contributed by atoms with Crippen LogP contribution >= 0.6 is 0 Å². The highest BCUT2D eigenvalue weighted by Gasteiger charge is 2.11. The van der Waals surface area contributed by atoms with Gasteiger partial charge in [0.05, 0.1) is 6.26 Å². The molecule has 0 heterocycles. The van der Waals surface area contributed by atoms with E-state index in [1.807, 2.05) is 0 Å². The van der Waals surface area contributed by atoms with Crippen molar-refractivity contribution in [2.75, 3.05) is 27.4 Å². The van der Waals surface area contributed by atoms with Gasteiger partial charge in [-0.05, 0) is 0 Å². The first-order valence-electron chi connectivity index (χ1n) is 2.47. The van der Waals surface area contributed by atoms with Gasteiger partial charge in [-0.1, -0.05) is 0 Å². The Labute approximate surface area is 56.1 Å². The Kier molecular flexibility index (Phi) is 2.60. The smallest absolute Gasteiger partial charge is 0.223 e. The van der Waals surface area contributed by atoms with Crippen molar-refractivity contribution in [3.05, 3.63) is 0 Å². The van der Waals surface area contributed by atoms with Crippen LogP contribution in [0.15, 0.2) is 0 Å². The number of nitrogens with zero attached hydrogens (tertiary/aromatic N) is 2. The first-order valence-corrected chi connectivity index (χ1v) is 4.31. The van der Waals surface area contributed by atoms with Gasteiger partial charge in [0, 0.05) is 21.1 Å². The van der Waals surface area contributed by atoms with Gasteiger partial charge in [0.1, 0.15) is 0 Å². The molecular weight excluding hydrogens is 140 g/mol. The van der Waals surface area contributed by atoms with E-state index in [4.69, 9.17) is 0 Å². The lowest BCUT2D eigenvalue weighted by Gasteiger charge is -2.20. The Morgan fingerprint density at radius 3 is 1.44 bits per heavy atom. The fourth-order valence-corrected chi connectivity index (χ4v) is 0.890. The Morgan fingerprint density at radius 2 is 1.44 bits per heavy atom. The zero-order valence-corrected chi connectivity index (χ0v) is 6.94. The van der Waals surface area contributed by atoms with Gasteiger partial charge in [0.25, 0.3) is 0 Å². The fraction of sp³-hybridized carbons (Fsp3) is 1.00. The summed E-state index contributed by atoms with van der Waals surface area (Å²) in [5.74, 6) is 0. The highest BCUT2D eigenvalue weighted by atomic mass is 32.2. The summed E-state index contributed by atoms with van der Waals surface area (Å²) in [6.07, 6.45) is 1.16. The molecule has 0 fully saturated rings. The molecule has 0 aliphatic carbocycles. The second-order valence-electron chi connectivity index (χ2n) is 2.04. The summed E-state index contributed by atoms with van der Waals surface area (Å²) in [5.41, 5.74) is 0. The minimum Gasteiger partial charge on any atom is -0.235 e. The molecule has 0 saturated heterocycles. The third kappa shape index (κ3) is 2.78. The molecule has 0 aliphatic rings. The average molecular weight is 152 g/mol. The molecule has 0 aromatic carbocycles. The van der Waals surface area contributed by atoms with E-state index in [1.165, 1.54) is 12.1 Å². The molecule has 0 N–H and O–H groups in total. The van der Waals surface area contributed by atoms with Crippen molar-refractivity contribution in [1.82, 2.24) is 9.42 Å². The van der Waals surface area contributed by atoms with Gasteiger partial charge in [-0.2, -0.15) is 0 Å². The lowest BCUT2D eigenvalue weighted by molar-refractivity contribution is 0.161. The van der Waals surface area contributed by atoms with Gasteiger partial charge in [-0.15, -0.1) is 4.41 Å². The maximum atomic E-state index is 10.7. The van der Waals surface area contributed by atoms with Crippen molar-refractivity contribution in [1.29, 1.82) is 0 Å². The van der Waals surface area contributed by atoms with Crippen LogP contribution in [0.4, 0.5) is 0 Å². The van der Waals surface area contributed by atoms with Crippen LogP contribution in [0.2, 0.25) is 0 Å². The summed E-state index contributed by atoms with van der Waals surface area (Å²) in [7, 11) is 1.79. The standard InChI is InChI=1S/C4H12N2O2S/c1-5(2)6(3)9(4,7)8/h1-4H3. The Hall–Kier alpha value is -0.130. The van der Waals surface area contributed by atoms with Gasteiger partial charge in [-0.3, -0.25) is 0 Å². The van der Waals surface area contributed by atoms with Crippen LogP contribution in [0.1, 0.15) is 0 Å². The van der Waals surface area contributed by atoms with Crippen LogP contribution in [-0.2, 0) is 10.0 Å². The van der Waals surface area contributed by atoms with Crippen LogP contribution in [0, 0.1) is 0 Å². The van der Waals surface area contributed by atoms with Crippen LogP contribution < -0.4 is 0 Å². The molecule has 0 radical (unpaired) electrons. The molecule has 4 nitrogen and oxygen atoms in total. The minimum absolute atomic E-state index is 1.16. The zero-order valence-electron chi connectivity index (χ0n) is 6.12.